The van der Waals surface area contributed by atoms with Crippen LogP contribution in [0.15, 0.2) is 0 Å². The average Bonchev–Trinajstić information content (AvgIpc) is 2.29. The van der Waals surface area contributed by atoms with E-state index in [9.17, 15) is 0 Å². The summed E-state index contributed by atoms with van der Waals surface area (Å²) >= 11 is 0. The maximum Gasteiger partial charge on any atom is 0.322 e. The van der Waals surface area contributed by atoms with Gasteiger partial charge in [-0.3, -0.25) is 0 Å². The fourth-order valence-electron chi connectivity index (χ4n) is 1.45. The number of ether oxygens (including phenoxy) is 1. The summed E-state index contributed by atoms with van der Waals surface area (Å²) < 4.78 is 4.97. The molecule has 90 valence electrons. The first-order chi connectivity index (χ1) is 7.62. The van der Waals surface area contributed by atoms with Gasteiger partial charge in [0.1, 0.15) is 0 Å². The van der Waals surface area contributed by atoms with Crippen LogP contribution in [0.1, 0.15) is 27.2 Å². The lowest BCUT2D eigenvalue weighted by Gasteiger charge is -2.27. The lowest BCUT2D eigenvalue weighted by molar-refractivity contribution is 0.378. The van der Waals surface area contributed by atoms with Gasteiger partial charge in [0.05, 0.1) is 7.11 Å². The molecule has 0 aliphatic heterocycles. The van der Waals surface area contributed by atoms with Crippen molar-refractivity contribution in [1.29, 1.82) is 0 Å². The van der Waals surface area contributed by atoms with E-state index in [-0.39, 0.29) is 12.0 Å². The molecule has 1 heterocycles. The van der Waals surface area contributed by atoms with Crippen molar-refractivity contribution in [3.05, 3.63) is 0 Å². The van der Waals surface area contributed by atoms with Crippen LogP contribution in [0.3, 0.4) is 0 Å². The highest BCUT2D eigenvalue weighted by Gasteiger charge is 2.15. The molecule has 0 saturated carbocycles. The molecule has 1 rings (SSSR count). The van der Waals surface area contributed by atoms with Gasteiger partial charge in [0.2, 0.25) is 11.9 Å². The fraction of sp³-hybridized carbons (Fsp3) is 0.700. The molecule has 0 radical (unpaired) electrons. The number of methoxy groups -OCH3 is 1. The van der Waals surface area contributed by atoms with Crippen molar-refractivity contribution in [2.75, 3.05) is 24.3 Å². The van der Waals surface area contributed by atoms with Crippen LogP contribution >= 0.6 is 0 Å². The number of aromatic nitrogens is 3. The monoisotopic (exact) mass is 225 g/mol. The summed E-state index contributed by atoms with van der Waals surface area (Å²) in [7, 11) is 1.51. The fourth-order valence-corrected chi connectivity index (χ4v) is 1.45. The molecule has 1 unspecified atom stereocenters. The van der Waals surface area contributed by atoms with Crippen LogP contribution in [0.4, 0.5) is 11.9 Å². The standard InChI is InChI=1S/C10H19N5O/c1-5-7(3)15(6-2)9-12-8(11)13-10(14-9)16-4/h7H,5-6H2,1-4H3,(H2,11,12,13,14). The highest BCUT2D eigenvalue weighted by molar-refractivity contribution is 5.36. The summed E-state index contributed by atoms with van der Waals surface area (Å²) in [6.07, 6.45) is 1.02. The first kappa shape index (κ1) is 12.5. The predicted octanol–water partition coefficient (Wildman–Crippen LogP) is 1.09. The summed E-state index contributed by atoms with van der Waals surface area (Å²) in [6.45, 7) is 7.12. The summed E-state index contributed by atoms with van der Waals surface area (Å²) in [4.78, 5) is 14.2. The van der Waals surface area contributed by atoms with Crippen molar-refractivity contribution in [1.82, 2.24) is 15.0 Å². The Balaban J connectivity index is 3.04. The third-order valence-corrected chi connectivity index (χ3v) is 2.52. The van der Waals surface area contributed by atoms with Crippen LogP contribution in [-0.4, -0.2) is 34.6 Å². The second kappa shape index (κ2) is 5.48. The Morgan fingerprint density at radius 3 is 2.50 bits per heavy atom. The van der Waals surface area contributed by atoms with E-state index in [1.54, 1.807) is 0 Å². The zero-order chi connectivity index (χ0) is 12.1. The molecule has 2 N–H and O–H groups in total. The maximum atomic E-state index is 5.60. The van der Waals surface area contributed by atoms with Crippen molar-refractivity contribution in [2.45, 2.75) is 33.2 Å². The molecule has 0 bridgehead atoms. The van der Waals surface area contributed by atoms with Crippen molar-refractivity contribution in [3.8, 4) is 6.01 Å². The van der Waals surface area contributed by atoms with Crippen LogP contribution in [-0.2, 0) is 0 Å². The molecule has 1 aromatic heterocycles. The third-order valence-electron chi connectivity index (χ3n) is 2.52. The molecule has 1 atom stereocenters. The topological polar surface area (TPSA) is 77.2 Å². The van der Waals surface area contributed by atoms with Crippen LogP contribution in [0, 0.1) is 0 Å². The van der Waals surface area contributed by atoms with Crippen molar-refractivity contribution in [3.63, 3.8) is 0 Å². The van der Waals surface area contributed by atoms with E-state index < -0.39 is 0 Å². The van der Waals surface area contributed by atoms with Crippen LogP contribution < -0.4 is 15.4 Å². The van der Waals surface area contributed by atoms with E-state index in [1.165, 1.54) is 7.11 Å². The number of hydrogen-bond donors (Lipinski definition) is 1. The van der Waals surface area contributed by atoms with Crippen molar-refractivity contribution >= 4 is 11.9 Å². The highest BCUT2D eigenvalue weighted by atomic mass is 16.5. The minimum absolute atomic E-state index is 0.184. The normalized spacial score (nSPS) is 12.2. The van der Waals surface area contributed by atoms with Gasteiger partial charge in [-0.2, -0.15) is 15.0 Å². The van der Waals surface area contributed by atoms with E-state index in [2.05, 4.69) is 40.6 Å². The number of nitrogens with two attached hydrogens (primary N) is 1. The average molecular weight is 225 g/mol. The Labute approximate surface area is 95.9 Å². The molecular weight excluding hydrogens is 206 g/mol. The molecule has 0 amide bonds. The molecule has 1 aromatic rings. The first-order valence-corrected chi connectivity index (χ1v) is 5.44. The Morgan fingerprint density at radius 1 is 1.31 bits per heavy atom. The Hall–Kier alpha value is -1.59. The van der Waals surface area contributed by atoms with E-state index in [0.717, 1.165) is 13.0 Å². The molecule has 6 heteroatoms. The Morgan fingerprint density at radius 2 is 2.00 bits per heavy atom. The summed E-state index contributed by atoms with van der Waals surface area (Å²) in [5.74, 6) is 0.754. The minimum atomic E-state index is 0.184. The van der Waals surface area contributed by atoms with Gasteiger partial charge in [0.15, 0.2) is 0 Å². The molecule has 0 fully saturated rings. The SMILES string of the molecule is CCC(C)N(CC)c1nc(N)nc(OC)n1. The van der Waals surface area contributed by atoms with Gasteiger partial charge < -0.3 is 15.4 Å². The van der Waals surface area contributed by atoms with E-state index in [0.29, 0.717) is 12.0 Å². The Bertz CT molecular complexity index is 344. The van der Waals surface area contributed by atoms with Gasteiger partial charge >= 0.3 is 6.01 Å². The van der Waals surface area contributed by atoms with E-state index in [1.807, 2.05) is 0 Å². The zero-order valence-corrected chi connectivity index (χ0v) is 10.3. The second-order valence-electron chi connectivity index (χ2n) is 3.52. The van der Waals surface area contributed by atoms with Gasteiger partial charge in [0.25, 0.3) is 0 Å². The zero-order valence-electron chi connectivity index (χ0n) is 10.3. The van der Waals surface area contributed by atoms with E-state index >= 15 is 0 Å². The van der Waals surface area contributed by atoms with Gasteiger partial charge in [0, 0.05) is 12.6 Å². The molecule has 0 saturated heterocycles. The highest BCUT2D eigenvalue weighted by Crippen LogP contribution is 2.16. The molecule has 0 spiro atoms. The predicted molar refractivity (Wildman–Crippen MR) is 63.6 cm³/mol. The molecule has 6 nitrogen and oxygen atoms in total. The minimum Gasteiger partial charge on any atom is -0.467 e. The van der Waals surface area contributed by atoms with E-state index in [4.69, 9.17) is 10.5 Å². The smallest absolute Gasteiger partial charge is 0.322 e. The van der Waals surface area contributed by atoms with Crippen molar-refractivity contribution < 1.29 is 4.74 Å². The number of anilines is 2. The quantitative estimate of drug-likeness (QED) is 0.808. The Kier molecular flexibility index (Phi) is 4.28. The summed E-state index contributed by atoms with van der Waals surface area (Å²) in [5.41, 5.74) is 5.60. The largest absolute Gasteiger partial charge is 0.467 e. The summed E-state index contributed by atoms with van der Waals surface area (Å²) in [5, 5.41) is 0. The number of hydrogen-bond acceptors (Lipinski definition) is 6. The molecule has 0 aliphatic carbocycles. The van der Waals surface area contributed by atoms with Gasteiger partial charge in [-0.1, -0.05) is 6.92 Å². The van der Waals surface area contributed by atoms with Crippen molar-refractivity contribution in [2.24, 2.45) is 0 Å². The lowest BCUT2D eigenvalue weighted by atomic mass is 10.2. The lowest BCUT2D eigenvalue weighted by Crippen LogP contribution is -2.34. The van der Waals surface area contributed by atoms with Gasteiger partial charge in [-0.05, 0) is 20.3 Å². The van der Waals surface area contributed by atoms with Crippen LogP contribution in [0.25, 0.3) is 0 Å². The third kappa shape index (κ3) is 2.71. The number of nitrogens with zero attached hydrogens (tertiary/aromatic N) is 4. The van der Waals surface area contributed by atoms with Gasteiger partial charge in [-0.15, -0.1) is 0 Å². The van der Waals surface area contributed by atoms with Crippen LogP contribution in [0.5, 0.6) is 6.01 Å². The van der Waals surface area contributed by atoms with Crippen LogP contribution in [0.2, 0.25) is 0 Å². The first-order valence-electron chi connectivity index (χ1n) is 5.44. The summed E-state index contributed by atoms with van der Waals surface area (Å²) in [6, 6.07) is 0.612. The number of rotatable bonds is 5. The number of nitrogen functional groups attached to an aromatic ring is 1. The maximum absolute atomic E-state index is 5.60. The van der Waals surface area contributed by atoms with Gasteiger partial charge in [-0.25, -0.2) is 0 Å². The molecular formula is C10H19N5O. The molecule has 0 aromatic carbocycles. The molecule has 0 aliphatic rings. The molecule has 16 heavy (non-hydrogen) atoms. The second-order valence-corrected chi connectivity index (χ2v) is 3.52.